The van der Waals surface area contributed by atoms with Crippen LogP contribution in [0.1, 0.15) is 70.1 Å². The number of aryl methyl sites for hydroxylation is 1. The van der Waals surface area contributed by atoms with Crippen LogP contribution in [-0.2, 0) is 26.2 Å². The summed E-state index contributed by atoms with van der Waals surface area (Å²) in [5.41, 5.74) is 2.75. The summed E-state index contributed by atoms with van der Waals surface area (Å²) in [6, 6.07) is 17.6. The van der Waals surface area contributed by atoms with E-state index in [-0.39, 0.29) is 29.3 Å². The highest BCUT2D eigenvalue weighted by Gasteiger charge is 2.34. The molecule has 0 heterocycles. The van der Waals surface area contributed by atoms with Crippen molar-refractivity contribution in [2.24, 2.45) is 0 Å². The van der Waals surface area contributed by atoms with Gasteiger partial charge >= 0.3 is 0 Å². The van der Waals surface area contributed by atoms with E-state index in [1.54, 1.807) is 49.4 Å². The average Bonchev–Trinajstić information content (AvgIpc) is 2.97. The normalized spacial score (nSPS) is 13.0. The van der Waals surface area contributed by atoms with E-state index in [4.69, 9.17) is 23.2 Å². The summed E-state index contributed by atoms with van der Waals surface area (Å²) in [6.07, 6.45) is 1.01. The highest BCUT2D eigenvalue weighted by Crippen LogP contribution is 2.29. The van der Waals surface area contributed by atoms with Crippen LogP contribution in [-0.4, -0.2) is 43.8 Å². The summed E-state index contributed by atoms with van der Waals surface area (Å²) < 4.78 is 29.3. The summed E-state index contributed by atoms with van der Waals surface area (Å²) in [5, 5.41) is 3.65. The van der Waals surface area contributed by atoms with E-state index in [1.807, 2.05) is 46.8 Å². The fourth-order valence-electron chi connectivity index (χ4n) is 4.61. The molecule has 232 valence electrons. The number of nitrogens with zero attached hydrogens (tertiary/aromatic N) is 2. The van der Waals surface area contributed by atoms with E-state index in [1.165, 1.54) is 17.0 Å². The SMILES string of the molecule is CC[C@@H](C)NC(=O)[C@H](CC)N(Cc1c(Cl)cccc1Cl)C(=O)CN(c1ccc(C(C)C)cc1)S(=O)(=O)c1ccc(C)cc1. The second-order valence-corrected chi connectivity index (χ2v) is 13.7. The van der Waals surface area contributed by atoms with Crippen LogP contribution < -0.4 is 9.62 Å². The van der Waals surface area contributed by atoms with E-state index in [2.05, 4.69) is 5.32 Å². The van der Waals surface area contributed by atoms with Gasteiger partial charge in [-0.15, -0.1) is 0 Å². The molecule has 3 aromatic rings. The Kier molecular flexibility index (Phi) is 12.1. The molecule has 0 aliphatic rings. The Balaban J connectivity index is 2.11. The molecule has 0 radical (unpaired) electrons. The van der Waals surface area contributed by atoms with Crippen molar-refractivity contribution in [2.45, 2.75) is 83.8 Å². The van der Waals surface area contributed by atoms with E-state index in [0.29, 0.717) is 34.1 Å². The molecule has 0 saturated carbocycles. The first-order valence-electron chi connectivity index (χ1n) is 14.5. The van der Waals surface area contributed by atoms with E-state index in [0.717, 1.165) is 15.4 Å². The third-order valence-corrected chi connectivity index (χ3v) is 10.0. The number of halogens is 2. The number of benzene rings is 3. The Morgan fingerprint density at radius 1 is 0.860 bits per heavy atom. The van der Waals surface area contributed by atoms with E-state index in [9.17, 15) is 18.0 Å². The van der Waals surface area contributed by atoms with Gasteiger partial charge in [-0.2, -0.15) is 0 Å². The van der Waals surface area contributed by atoms with Crippen molar-refractivity contribution in [3.8, 4) is 0 Å². The lowest BCUT2D eigenvalue weighted by Crippen LogP contribution is -2.53. The number of amides is 2. The number of anilines is 1. The average molecular weight is 647 g/mol. The first-order valence-corrected chi connectivity index (χ1v) is 16.7. The smallest absolute Gasteiger partial charge is 0.264 e. The highest BCUT2D eigenvalue weighted by atomic mass is 35.5. The minimum Gasteiger partial charge on any atom is -0.352 e. The summed E-state index contributed by atoms with van der Waals surface area (Å²) in [4.78, 5) is 29.2. The molecule has 1 N–H and O–H groups in total. The maximum Gasteiger partial charge on any atom is 0.264 e. The minimum atomic E-state index is -4.16. The molecule has 0 aromatic heterocycles. The van der Waals surface area contributed by atoms with Crippen LogP contribution in [0.2, 0.25) is 10.0 Å². The fourth-order valence-corrected chi connectivity index (χ4v) is 6.54. The number of sulfonamides is 1. The number of hydrogen-bond acceptors (Lipinski definition) is 4. The molecular formula is C33H41Cl2N3O4S. The Hall–Kier alpha value is -3.07. The molecule has 0 saturated heterocycles. The van der Waals surface area contributed by atoms with Gasteiger partial charge < -0.3 is 10.2 Å². The second kappa shape index (κ2) is 15.1. The first kappa shape index (κ1) is 34.4. The van der Waals surface area contributed by atoms with Crippen molar-refractivity contribution >= 4 is 50.7 Å². The third kappa shape index (κ3) is 8.52. The Morgan fingerprint density at radius 2 is 1.44 bits per heavy atom. The summed E-state index contributed by atoms with van der Waals surface area (Å²) >= 11 is 13.0. The van der Waals surface area contributed by atoms with Crippen molar-refractivity contribution in [2.75, 3.05) is 10.8 Å². The van der Waals surface area contributed by atoms with Crippen LogP contribution in [0.4, 0.5) is 5.69 Å². The predicted octanol–water partition coefficient (Wildman–Crippen LogP) is 7.34. The van der Waals surface area contributed by atoms with Gasteiger partial charge in [0.1, 0.15) is 12.6 Å². The maximum absolute atomic E-state index is 14.3. The second-order valence-electron chi connectivity index (χ2n) is 11.0. The Morgan fingerprint density at radius 3 is 1.95 bits per heavy atom. The van der Waals surface area contributed by atoms with E-state index < -0.39 is 28.5 Å². The molecule has 0 aliphatic carbocycles. The largest absolute Gasteiger partial charge is 0.352 e. The van der Waals surface area contributed by atoms with Crippen molar-refractivity contribution in [3.63, 3.8) is 0 Å². The number of carbonyl (C=O) groups is 2. The van der Waals surface area contributed by atoms with Crippen molar-refractivity contribution in [1.82, 2.24) is 10.2 Å². The zero-order valence-corrected chi connectivity index (χ0v) is 27.9. The predicted molar refractivity (Wildman–Crippen MR) is 175 cm³/mol. The van der Waals surface area contributed by atoms with Crippen LogP contribution in [0.3, 0.4) is 0 Å². The third-order valence-electron chi connectivity index (χ3n) is 7.51. The van der Waals surface area contributed by atoms with Crippen molar-refractivity contribution in [3.05, 3.63) is 93.5 Å². The molecule has 0 aliphatic heterocycles. The van der Waals surface area contributed by atoms with Crippen LogP contribution in [0.5, 0.6) is 0 Å². The van der Waals surface area contributed by atoms with Gasteiger partial charge in [0.15, 0.2) is 0 Å². The van der Waals surface area contributed by atoms with Crippen LogP contribution in [0, 0.1) is 6.92 Å². The molecule has 43 heavy (non-hydrogen) atoms. The standard InChI is InChI=1S/C33H41Cl2N3O4S/c1-7-24(6)36-33(40)31(8-2)37(20-28-29(34)10-9-11-30(28)35)32(39)21-38(26-16-14-25(15-17-26)22(3)4)43(41,42)27-18-12-23(5)13-19-27/h9-19,22,24,31H,7-8,20-21H2,1-6H3,(H,36,40)/t24-,31+/m1/s1. The first-order chi connectivity index (χ1) is 20.3. The molecule has 0 fully saturated rings. The zero-order chi connectivity index (χ0) is 31.9. The molecule has 0 bridgehead atoms. The number of carbonyl (C=O) groups excluding carboxylic acids is 2. The van der Waals surface area contributed by atoms with E-state index >= 15 is 0 Å². The minimum absolute atomic E-state index is 0.0566. The van der Waals surface area contributed by atoms with Gasteiger partial charge in [0.05, 0.1) is 10.6 Å². The van der Waals surface area contributed by atoms with Gasteiger partial charge in [-0.05, 0) is 74.6 Å². The molecule has 7 nitrogen and oxygen atoms in total. The molecule has 0 unspecified atom stereocenters. The van der Waals surface area contributed by atoms with Gasteiger partial charge in [-0.3, -0.25) is 13.9 Å². The lowest BCUT2D eigenvalue weighted by atomic mass is 10.0. The molecule has 10 heteroatoms. The zero-order valence-electron chi connectivity index (χ0n) is 25.6. The summed E-state index contributed by atoms with van der Waals surface area (Å²) in [6.45, 7) is 11.0. The lowest BCUT2D eigenvalue weighted by Gasteiger charge is -2.34. The molecule has 3 rings (SSSR count). The number of rotatable bonds is 13. The van der Waals surface area contributed by atoms with Crippen molar-refractivity contribution < 1.29 is 18.0 Å². The van der Waals surface area contributed by atoms with Crippen molar-refractivity contribution in [1.29, 1.82) is 0 Å². The monoisotopic (exact) mass is 645 g/mol. The molecule has 2 atom stereocenters. The quantitative estimate of drug-likeness (QED) is 0.211. The Labute approximate surface area is 266 Å². The Bertz CT molecular complexity index is 1490. The van der Waals surface area contributed by atoms with Gasteiger partial charge in [-0.1, -0.05) is 86.8 Å². The maximum atomic E-state index is 14.3. The van der Waals surface area contributed by atoms with Gasteiger partial charge in [0.2, 0.25) is 11.8 Å². The van der Waals surface area contributed by atoms with Crippen LogP contribution >= 0.6 is 23.2 Å². The van der Waals surface area contributed by atoms with Crippen LogP contribution in [0.15, 0.2) is 71.6 Å². The molecule has 3 aromatic carbocycles. The van der Waals surface area contributed by atoms with Gasteiger partial charge in [-0.25, -0.2) is 8.42 Å². The number of nitrogens with one attached hydrogen (secondary N) is 1. The highest BCUT2D eigenvalue weighted by molar-refractivity contribution is 7.92. The summed E-state index contributed by atoms with van der Waals surface area (Å²) in [5.74, 6) is -0.656. The molecule has 0 spiro atoms. The van der Waals surface area contributed by atoms with Gasteiger partial charge in [0, 0.05) is 28.2 Å². The lowest BCUT2D eigenvalue weighted by molar-refractivity contribution is -0.140. The molecule has 2 amide bonds. The topological polar surface area (TPSA) is 86.8 Å². The number of hydrogen-bond donors (Lipinski definition) is 1. The summed E-state index contributed by atoms with van der Waals surface area (Å²) in [7, 11) is -4.16. The van der Waals surface area contributed by atoms with Gasteiger partial charge in [0.25, 0.3) is 10.0 Å². The molecular weight excluding hydrogens is 605 g/mol. The fraction of sp³-hybridized carbons (Fsp3) is 0.394. The van der Waals surface area contributed by atoms with Crippen LogP contribution in [0.25, 0.3) is 0 Å².